The highest BCUT2D eigenvalue weighted by atomic mass is 79.9. The van der Waals surface area contributed by atoms with Gasteiger partial charge in [-0.3, -0.25) is 0 Å². The molecular weight excluding hydrogens is 294 g/mol. The van der Waals surface area contributed by atoms with Crippen LogP contribution in [0.3, 0.4) is 0 Å². The summed E-state index contributed by atoms with van der Waals surface area (Å²) < 4.78 is 12.6. The van der Waals surface area contributed by atoms with Gasteiger partial charge in [-0.1, -0.05) is 22.9 Å². The van der Waals surface area contributed by atoms with E-state index in [0.717, 1.165) is 42.0 Å². The molecule has 0 saturated carbocycles. The average molecular weight is 314 g/mol. The second kappa shape index (κ2) is 5.93. The summed E-state index contributed by atoms with van der Waals surface area (Å²) in [5.41, 5.74) is 8.11. The molecule has 0 bridgehead atoms. The first-order chi connectivity index (χ1) is 8.65. The first-order valence-corrected chi connectivity index (χ1v) is 7.23. The minimum absolute atomic E-state index is 0.418. The van der Waals surface area contributed by atoms with Crippen molar-refractivity contribution in [2.75, 3.05) is 19.8 Å². The summed E-state index contributed by atoms with van der Waals surface area (Å²) in [4.78, 5) is 0. The zero-order valence-electron chi connectivity index (χ0n) is 11.0. The van der Waals surface area contributed by atoms with Crippen molar-refractivity contribution in [1.29, 1.82) is 0 Å². The van der Waals surface area contributed by atoms with Crippen molar-refractivity contribution in [2.24, 2.45) is 5.73 Å². The summed E-state index contributed by atoms with van der Waals surface area (Å²) >= 11 is 3.65. The molecule has 100 valence electrons. The third-order valence-corrected chi connectivity index (χ3v) is 4.02. The predicted molar refractivity (Wildman–Crippen MR) is 76.6 cm³/mol. The van der Waals surface area contributed by atoms with Crippen LogP contribution >= 0.6 is 15.9 Å². The van der Waals surface area contributed by atoms with Gasteiger partial charge in [-0.15, -0.1) is 0 Å². The third-order valence-electron chi connectivity index (χ3n) is 3.37. The second-order valence-corrected chi connectivity index (χ2v) is 5.61. The van der Waals surface area contributed by atoms with E-state index in [1.54, 1.807) is 0 Å². The minimum atomic E-state index is 0.418. The van der Waals surface area contributed by atoms with Crippen LogP contribution in [0.1, 0.15) is 36.8 Å². The lowest BCUT2D eigenvalue weighted by Crippen LogP contribution is -2.08. The molecule has 1 aromatic rings. The molecule has 0 fully saturated rings. The highest BCUT2D eigenvalue weighted by molar-refractivity contribution is 9.10. The third kappa shape index (κ3) is 2.64. The van der Waals surface area contributed by atoms with E-state index in [1.165, 1.54) is 11.1 Å². The summed E-state index contributed by atoms with van der Waals surface area (Å²) in [6.07, 6.45) is 1.90. The zero-order chi connectivity index (χ0) is 13.1. The maximum Gasteiger partial charge on any atom is 0.164 e. The molecule has 1 aliphatic heterocycles. The van der Waals surface area contributed by atoms with Gasteiger partial charge in [-0.2, -0.15) is 0 Å². The first-order valence-electron chi connectivity index (χ1n) is 6.43. The van der Waals surface area contributed by atoms with Crippen molar-refractivity contribution < 1.29 is 9.47 Å². The second-order valence-electron chi connectivity index (χ2n) is 4.75. The Morgan fingerprint density at radius 3 is 2.83 bits per heavy atom. The standard InChI is InChI=1S/C14H20BrNO2/c1-9(4-5-16)13-10(2)14-12(8-11(13)15)17-6-3-7-18-14/h8-9H,3-7,16H2,1-2H3. The van der Waals surface area contributed by atoms with Crippen LogP contribution < -0.4 is 15.2 Å². The molecule has 3 nitrogen and oxygen atoms in total. The van der Waals surface area contributed by atoms with E-state index in [1.807, 2.05) is 6.07 Å². The Labute approximate surface area is 117 Å². The van der Waals surface area contributed by atoms with Gasteiger partial charge < -0.3 is 15.2 Å². The molecule has 1 atom stereocenters. The van der Waals surface area contributed by atoms with Crippen LogP contribution in [-0.2, 0) is 0 Å². The molecule has 1 heterocycles. The van der Waals surface area contributed by atoms with Gasteiger partial charge in [0, 0.05) is 10.9 Å². The fraction of sp³-hybridized carbons (Fsp3) is 0.571. The van der Waals surface area contributed by atoms with Gasteiger partial charge in [0.2, 0.25) is 0 Å². The van der Waals surface area contributed by atoms with Crippen LogP contribution in [0.25, 0.3) is 0 Å². The molecule has 0 radical (unpaired) electrons. The van der Waals surface area contributed by atoms with E-state index in [0.29, 0.717) is 12.5 Å². The monoisotopic (exact) mass is 313 g/mol. The van der Waals surface area contributed by atoms with Crippen molar-refractivity contribution >= 4 is 15.9 Å². The summed E-state index contributed by atoms with van der Waals surface area (Å²) in [6.45, 7) is 6.43. The van der Waals surface area contributed by atoms with Crippen LogP contribution in [0.5, 0.6) is 11.5 Å². The van der Waals surface area contributed by atoms with E-state index in [-0.39, 0.29) is 0 Å². The van der Waals surface area contributed by atoms with Crippen molar-refractivity contribution in [3.05, 3.63) is 21.7 Å². The maximum absolute atomic E-state index is 5.83. The maximum atomic E-state index is 5.83. The lowest BCUT2D eigenvalue weighted by atomic mass is 9.93. The lowest BCUT2D eigenvalue weighted by molar-refractivity contribution is 0.296. The normalized spacial score (nSPS) is 16.2. The van der Waals surface area contributed by atoms with Gasteiger partial charge in [-0.05, 0) is 43.0 Å². The quantitative estimate of drug-likeness (QED) is 0.930. The van der Waals surface area contributed by atoms with Crippen LogP contribution in [-0.4, -0.2) is 19.8 Å². The van der Waals surface area contributed by atoms with Crippen molar-refractivity contribution in [3.8, 4) is 11.5 Å². The fourth-order valence-electron chi connectivity index (χ4n) is 2.45. The topological polar surface area (TPSA) is 44.5 Å². The summed E-state index contributed by atoms with van der Waals surface area (Å²) in [6, 6.07) is 2.02. The predicted octanol–water partition coefficient (Wildman–Crippen LogP) is 3.37. The molecule has 18 heavy (non-hydrogen) atoms. The molecule has 0 amide bonds. The smallest absolute Gasteiger partial charge is 0.164 e. The molecule has 0 aliphatic carbocycles. The Bertz CT molecular complexity index is 434. The largest absolute Gasteiger partial charge is 0.490 e. The van der Waals surface area contributed by atoms with Gasteiger partial charge in [-0.25, -0.2) is 0 Å². The first kappa shape index (κ1) is 13.7. The number of halogens is 1. The molecule has 0 aromatic heterocycles. The summed E-state index contributed by atoms with van der Waals surface area (Å²) in [5.74, 6) is 2.16. The fourth-order valence-corrected chi connectivity index (χ4v) is 3.34. The number of ether oxygens (including phenoxy) is 2. The number of hydrogen-bond donors (Lipinski definition) is 1. The highest BCUT2D eigenvalue weighted by Gasteiger charge is 2.21. The minimum Gasteiger partial charge on any atom is -0.490 e. The van der Waals surface area contributed by atoms with Gasteiger partial charge in [0.25, 0.3) is 0 Å². The van der Waals surface area contributed by atoms with Gasteiger partial charge in [0.05, 0.1) is 13.2 Å². The number of fused-ring (bicyclic) bond motifs is 1. The Morgan fingerprint density at radius 1 is 1.39 bits per heavy atom. The molecule has 2 rings (SSSR count). The molecule has 1 aliphatic rings. The molecule has 2 N–H and O–H groups in total. The van der Waals surface area contributed by atoms with Crippen LogP contribution in [0.2, 0.25) is 0 Å². The van der Waals surface area contributed by atoms with E-state index >= 15 is 0 Å². The van der Waals surface area contributed by atoms with Gasteiger partial charge in [0.15, 0.2) is 11.5 Å². The van der Waals surface area contributed by atoms with Crippen LogP contribution in [0.15, 0.2) is 10.5 Å². The van der Waals surface area contributed by atoms with Crippen LogP contribution in [0.4, 0.5) is 0 Å². The molecule has 0 saturated heterocycles. The number of hydrogen-bond acceptors (Lipinski definition) is 3. The van der Waals surface area contributed by atoms with E-state index in [9.17, 15) is 0 Å². The summed E-state index contributed by atoms with van der Waals surface area (Å²) in [5, 5.41) is 0. The molecule has 4 heteroatoms. The average Bonchev–Trinajstić information content (AvgIpc) is 2.54. The van der Waals surface area contributed by atoms with E-state index in [4.69, 9.17) is 15.2 Å². The van der Waals surface area contributed by atoms with Crippen LogP contribution in [0, 0.1) is 6.92 Å². The molecule has 1 aromatic carbocycles. The number of rotatable bonds is 3. The molecule has 0 spiro atoms. The SMILES string of the molecule is Cc1c2c(cc(Br)c1C(C)CCN)OCCCO2. The Balaban J connectivity index is 2.45. The number of nitrogens with two attached hydrogens (primary N) is 1. The molecule has 1 unspecified atom stereocenters. The number of benzene rings is 1. The Kier molecular flexibility index (Phi) is 4.51. The van der Waals surface area contributed by atoms with Gasteiger partial charge >= 0.3 is 0 Å². The zero-order valence-corrected chi connectivity index (χ0v) is 12.5. The Hall–Kier alpha value is -0.740. The van der Waals surface area contributed by atoms with Crippen molar-refractivity contribution in [1.82, 2.24) is 0 Å². The van der Waals surface area contributed by atoms with Gasteiger partial charge in [0.1, 0.15) is 0 Å². The van der Waals surface area contributed by atoms with Crippen molar-refractivity contribution in [2.45, 2.75) is 32.6 Å². The Morgan fingerprint density at radius 2 is 2.11 bits per heavy atom. The lowest BCUT2D eigenvalue weighted by Gasteiger charge is -2.20. The summed E-state index contributed by atoms with van der Waals surface area (Å²) in [7, 11) is 0. The van der Waals surface area contributed by atoms with E-state index < -0.39 is 0 Å². The van der Waals surface area contributed by atoms with E-state index in [2.05, 4.69) is 29.8 Å². The highest BCUT2D eigenvalue weighted by Crippen LogP contribution is 2.42. The molecular formula is C14H20BrNO2. The van der Waals surface area contributed by atoms with Crippen molar-refractivity contribution in [3.63, 3.8) is 0 Å².